The van der Waals surface area contributed by atoms with E-state index in [0.717, 1.165) is 4.47 Å². The SMILES string of the molecule is O=C1CCC(CS(=O)(=O)c2ccc(Br)cc2)CC1. The molecule has 0 aliphatic heterocycles. The van der Waals surface area contributed by atoms with Crippen molar-refractivity contribution in [1.82, 2.24) is 0 Å². The van der Waals surface area contributed by atoms with Crippen LogP contribution in [-0.4, -0.2) is 20.0 Å². The second-order valence-electron chi connectivity index (χ2n) is 4.72. The molecule has 1 aromatic carbocycles. The van der Waals surface area contributed by atoms with Crippen LogP contribution in [0.1, 0.15) is 25.7 Å². The molecule has 0 aromatic heterocycles. The molecule has 18 heavy (non-hydrogen) atoms. The molecule has 0 amide bonds. The summed E-state index contributed by atoms with van der Waals surface area (Å²) < 4.78 is 25.3. The molecule has 0 N–H and O–H groups in total. The van der Waals surface area contributed by atoms with Crippen LogP contribution < -0.4 is 0 Å². The first-order chi connectivity index (χ1) is 8.47. The number of hydrogen-bond donors (Lipinski definition) is 0. The minimum Gasteiger partial charge on any atom is -0.300 e. The van der Waals surface area contributed by atoms with Crippen molar-refractivity contribution in [3.63, 3.8) is 0 Å². The highest BCUT2D eigenvalue weighted by molar-refractivity contribution is 9.10. The van der Waals surface area contributed by atoms with E-state index in [0.29, 0.717) is 30.6 Å². The average molecular weight is 331 g/mol. The zero-order valence-corrected chi connectivity index (χ0v) is 12.3. The highest BCUT2D eigenvalue weighted by Gasteiger charge is 2.25. The van der Waals surface area contributed by atoms with Crippen LogP contribution in [-0.2, 0) is 14.6 Å². The van der Waals surface area contributed by atoms with Gasteiger partial charge >= 0.3 is 0 Å². The van der Waals surface area contributed by atoms with E-state index in [1.807, 2.05) is 0 Å². The lowest BCUT2D eigenvalue weighted by Crippen LogP contribution is -2.22. The minimum atomic E-state index is -3.23. The van der Waals surface area contributed by atoms with E-state index in [2.05, 4.69) is 15.9 Å². The molecule has 1 aliphatic carbocycles. The number of carbonyl (C=O) groups excluding carboxylic acids is 1. The Balaban J connectivity index is 2.07. The van der Waals surface area contributed by atoms with Gasteiger partial charge in [0.25, 0.3) is 0 Å². The molecule has 5 heteroatoms. The van der Waals surface area contributed by atoms with Gasteiger partial charge < -0.3 is 0 Å². The number of sulfone groups is 1. The molecule has 1 aliphatic rings. The van der Waals surface area contributed by atoms with Gasteiger partial charge in [0.2, 0.25) is 0 Å². The first-order valence-electron chi connectivity index (χ1n) is 5.97. The zero-order valence-electron chi connectivity index (χ0n) is 9.93. The van der Waals surface area contributed by atoms with Gasteiger partial charge in [-0.3, -0.25) is 4.79 Å². The third-order valence-corrected chi connectivity index (χ3v) is 5.72. The lowest BCUT2D eigenvalue weighted by Gasteiger charge is -2.20. The van der Waals surface area contributed by atoms with Crippen molar-refractivity contribution in [2.75, 3.05) is 5.75 Å². The molecule has 3 nitrogen and oxygen atoms in total. The number of carbonyl (C=O) groups is 1. The van der Waals surface area contributed by atoms with Crippen molar-refractivity contribution in [2.45, 2.75) is 30.6 Å². The number of halogens is 1. The minimum absolute atomic E-state index is 0.122. The average Bonchev–Trinajstić information content (AvgIpc) is 2.32. The Morgan fingerprint density at radius 3 is 2.22 bits per heavy atom. The highest BCUT2D eigenvalue weighted by Crippen LogP contribution is 2.26. The maximum Gasteiger partial charge on any atom is 0.178 e. The van der Waals surface area contributed by atoms with E-state index in [4.69, 9.17) is 0 Å². The largest absolute Gasteiger partial charge is 0.300 e. The van der Waals surface area contributed by atoms with Crippen LogP contribution in [0.3, 0.4) is 0 Å². The van der Waals surface area contributed by atoms with Gasteiger partial charge in [0, 0.05) is 17.3 Å². The molecule has 1 fully saturated rings. The van der Waals surface area contributed by atoms with Crippen LogP contribution >= 0.6 is 15.9 Å². The molecule has 0 saturated heterocycles. The summed E-state index contributed by atoms with van der Waals surface area (Å²) in [4.78, 5) is 11.5. The topological polar surface area (TPSA) is 51.2 Å². The lowest BCUT2D eigenvalue weighted by molar-refractivity contribution is -0.120. The van der Waals surface area contributed by atoms with Crippen molar-refractivity contribution in [3.8, 4) is 0 Å². The first kappa shape index (κ1) is 13.7. The Kier molecular flexibility index (Phi) is 4.22. The maximum absolute atomic E-state index is 12.2. The van der Waals surface area contributed by atoms with Crippen molar-refractivity contribution in [2.24, 2.45) is 5.92 Å². The number of hydrogen-bond acceptors (Lipinski definition) is 3. The third kappa shape index (κ3) is 3.42. The first-order valence-corrected chi connectivity index (χ1v) is 8.42. The number of Topliss-reactive ketones (excluding diaryl/α,β-unsaturated/α-hetero) is 1. The number of rotatable bonds is 3. The lowest BCUT2D eigenvalue weighted by atomic mass is 9.90. The van der Waals surface area contributed by atoms with Crippen molar-refractivity contribution < 1.29 is 13.2 Å². The number of ketones is 1. The summed E-state index contributed by atoms with van der Waals surface area (Å²) in [5.41, 5.74) is 0. The van der Waals surface area contributed by atoms with Crippen LogP contribution in [0.15, 0.2) is 33.6 Å². The van der Waals surface area contributed by atoms with Gasteiger partial charge in [0.1, 0.15) is 5.78 Å². The summed E-state index contributed by atoms with van der Waals surface area (Å²) in [5.74, 6) is 0.533. The third-order valence-electron chi connectivity index (χ3n) is 3.29. The molecule has 1 aromatic rings. The molecule has 0 unspecified atom stereocenters. The van der Waals surface area contributed by atoms with E-state index in [1.54, 1.807) is 24.3 Å². The van der Waals surface area contributed by atoms with E-state index >= 15 is 0 Å². The Hall–Kier alpha value is -0.680. The molecule has 98 valence electrons. The van der Waals surface area contributed by atoms with Gasteiger partial charge in [-0.1, -0.05) is 15.9 Å². The fraction of sp³-hybridized carbons (Fsp3) is 0.462. The molecule has 1 saturated carbocycles. The summed E-state index contributed by atoms with van der Waals surface area (Å²) in [6, 6.07) is 6.70. The summed E-state index contributed by atoms with van der Waals surface area (Å²) in [6.07, 6.45) is 2.46. The Labute approximate surface area is 116 Å². The standard InChI is InChI=1S/C13H15BrO3S/c14-11-3-7-13(8-4-11)18(16,17)9-10-1-5-12(15)6-2-10/h3-4,7-8,10H,1-2,5-6,9H2. The maximum atomic E-state index is 12.2. The normalized spacial score (nSPS) is 17.9. The van der Waals surface area contributed by atoms with E-state index in [-0.39, 0.29) is 17.5 Å². The van der Waals surface area contributed by atoms with E-state index in [1.165, 1.54) is 0 Å². The predicted octanol–water partition coefficient (Wildman–Crippen LogP) is 2.98. The number of benzene rings is 1. The second kappa shape index (κ2) is 5.53. The van der Waals surface area contributed by atoms with Crippen molar-refractivity contribution in [1.29, 1.82) is 0 Å². The van der Waals surface area contributed by atoms with Crippen molar-refractivity contribution in [3.05, 3.63) is 28.7 Å². The Bertz CT molecular complexity index is 524. The van der Waals surface area contributed by atoms with Crippen LogP contribution in [0.25, 0.3) is 0 Å². The zero-order chi connectivity index (χ0) is 13.2. The summed E-state index contributed by atoms with van der Waals surface area (Å²) in [6.45, 7) is 0. The quantitative estimate of drug-likeness (QED) is 0.856. The molecule has 0 heterocycles. The molecular weight excluding hydrogens is 316 g/mol. The fourth-order valence-electron chi connectivity index (χ4n) is 2.21. The molecule has 0 atom stereocenters. The summed E-state index contributed by atoms with van der Waals surface area (Å²) in [5, 5.41) is 0. The smallest absolute Gasteiger partial charge is 0.178 e. The van der Waals surface area contributed by atoms with Gasteiger partial charge in [-0.25, -0.2) is 8.42 Å². The van der Waals surface area contributed by atoms with Crippen LogP contribution in [0.5, 0.6) is 0 Å². The van der Waals surface area contributed by atoms with Crippen LogP contribution in [0.2, 0.25) is 0 Å². The van der Waals surface area contributed by atoms with Crippen LogP contribution in [0, 0.1) is 5.92 Å². The molecule has 0 spiro atoms. The molecule has 0 bridgehead atoms. The summed E-state index contributed by atoms with van der Waals surface area (Å²) >= 11 is 3.28. The second-order valence-corrected chi connectivity index (χ2v) is 7.67. The Morgan fingerprint density at radius 2 is 1.67 bits per heavy atom. The predicted molar refractivity (Wildman–Crippen MR) is 73.2 cm³/mol. The monoisotopic (exact) mass is 330 g/mol. The molecule has 0 radical (unpaired) electrons. The van der Waals surface area contributed by atoms with Gasteiger partial charge in [-0.2, -0.15) is 0 Å². The Morgan fingerprint density at radius 1 is 1.11 bits per heavy atom. The van der Waals surface area contributed by atoms with Gasteiger partial charge in [-0.05, 0) is 43.0 Å². The molecular formula is C13H15BrO3S. The van der Waals surface area contributed by atoms with E-state index < -0.39 is 9.84 Å². The van der Waals surface area contributed by atoms with Gasteiger partial charge in [0.05, 0.1) is 10.6 Å². The van der Waals surface area contributed by atoms with Crippen molar-refractivity contribution >= 4 is 31.6 Å². The van der Waals surface area contributed by atoms with E-state index in [9.17, 15) is 13.2 Å². The van der Waals surface area contributed by atoms with Crippen LogP contribution in [0.4, 0.5) is 0 Å². The van der Waals surface area contributed by atoms with Gasteiger partial charge in [-0.15, -0.1) is 0 Å². The summed E-state index contributed by atoms with van der Waals surface area (Å²) in [7, 11) is -3.23. The molecule has 2 rings (SSSR count). The highest BCUT2D eigenvalue weighted by atomic mass is 79.9. The fourth-order valence-corrected chi connectivity index (χ4v) is 4.18. The van der Waals surface area contributed by atoms with Gasteiger partial charge in [0.15, 0.2) is 9.84 Å².